The molecule has 0 bridgehead atoms. The minimum absolute atomic E-state index is 0.296. The predicted molar refractivity (Wildman–Crippen MR) is 111 cm³/mol. The lowest BCUT2D eigenvalue weighted by Gasteiger charge is -2.13. The Morgan fingerprint density at radius 3 is 2.66 bits per heavy atom. The lowest BCUT2D eigenvalue weighted by Crippen LogP contribution is -2.29. The van der Waals surface area contributed by atoms with E-state index in [1.54, 1.807) is 18.3 Å². The average molecular weight is 417 g/mol. The molecule has 1 fully saturated rings. The van der Waals surface area contributed by atoms with Crippen LogP contribution in [0.25, 0.3) is 22.2 Å². The fourth-order valence-electron chi connectivity index (χ4n) is 3.66. The van der Waals surface area contributed by atoms with Gasteiger partial charge in [0.15, 0.2) is 0 Å². The molecule has 1 aliphatic carbocycles. The van der Waals surface area contributed by atoms with E-state index in [0.717, 1.165) is 17.6 Å². The van der Waals surface area contributed by atoms with E-state index in [-0.39, 0.29) is 5.25 Å². The summed E-state index contributed by atoms with van der Waals surface area (Å²) in [5.41, 5.74) is 2.56. The fraction of sp³-hybridized carbons (Fsp3) is 0.429. The molecule has 2 aromatic heterocycles. The molecule has 0 saturated heterocycles. The molecule has 4 rings (SSSR count). The summed E-state index contributed by atoms with van der Waals surface area (Å²) in [5.74, 6) is -0.0125. The molecule has 8 heteroatoms. The second kappa shape index (κ2) is 7.50. The Bertz CT molecular complexity index is 1140. The number of aromatic nitrogens is 3. The van der Waals surface area contributed by atoms with Crippen molar-refractivity contribution in [2.24, 2.45) is 5.92 Å². The summed E-state index contributed by atoms with van der Waals surface area (Å²) < 4.78 is 44.6. The van der Waals surface area contributed by atoms with Gasteiger partial charge >= 0.3 is 0 Å². The van der Waals surface area contributed by atoms with Gasteiger partial charge in [0.2, 0.25) is 10.0 Å². The van der Waals surface area contributed by atoms with Crippen LogP contribution in [-0.4, -0.2) is 28.2 Å². The maximum atomic E-state index is 15.0. The molecule has 3 aromatic rings. The number of hydrogen-bond acceptors (Lipinski definition) is 4. The third kappa shape index (κ3) is 4.04. The van der Waals surface area contributed by atoms with Crippen LogP contribution in [0.1, 0.15) is 45.2 Å². The van der Waals surface area contributed by atoms with E-state index in [1.807, 2.05) is 13.1 Å². The van der Waals surface area contributed by atoms with Crippen molar-refractivity contribution in [1.82, 2.24) is 19.3 Å². The summed E-state index contributed by atoms with van der Waals surface area (Å²) in [5, 5.41) is 0.419. The fourth-order valence-corrected chi connectivity index (χ4v) is 5.23. The van der Waals surface area contributed by atoms with Crippen molar-refractivity contribution in [1.29, 1.82) is 0 Å². The first-order valence-electron chi connectivity index (χ1n) is 9.86. The van der Waals surface area contributed by atoms with Gasteiger partial charge in [0.05, 0.1) is 10.9 Å². The molecule has 1 saturated carbocycles. The largest absolute Gasteiger partial charge is 0.347 e. The highest BCUT2D eigenvalue weighted by Gasteiger charge is 2.37. The van der Waals surface area contributed by atoms with Crippen molar-refractivity contribution in [2.45, 2.75) is 51.4 Å². The molecule has 1 aromatic carbocycles. The topological polar surface area (TPSA) is 76.9 Å². The zero-order chi connectivity index (χ0) is 20.8. The van der Waals surface area contributed by atoms with Crippen molar-refractivity contribution >= 4 is 20.9 Å². The average Bonchev–Trinajstić information content (AvgIpc) is 3.46. The Balaban J connectivity index is 1.82. The standard InChI is InChI=1S/C21H25FN4O2S/c1-13(2)10-26-11-18(14(3)25-29(27,28)15-4-5-15)16-8-19(22)17(9-21(16)26)20-6-7-23-12-24-20/h6-9,11-15,25H,4-5,10H2,1-3H3/t14-/m1/s1. The SMILES string of the molecule is CC(C)Cn1cc([C@@H](C)NS(=O)(=O)C2CC2)c2cc(F)c(-c3ccncn3)cc21. The number of fused-ring (bicyclic) bond motifs is 1. The van der Waals surface area contributed by atoms with Gasteiger partial charge in [0.25, 0.3) is 0 Å². The Hall–Kier alpha value is -2.32. The van der Waals surface area contributed by atoms with E-state index >= 15 is 0 Å². The van der Waals surface area contributed by atoms with E-state index in [0.29, 0.717) is 35.4 Å². The molecule has 0 unspecified atom stereocenters. The van der Waals surface area contributed by atoms with E-state index in [9.17, 15) is 12.8 Å². The van der Waals surface area contributed by atoms with Gasteiger partial charge in [-0.2, -0.15) is 0 Å². The molecule has 1 aliphatic rings. The highest BCUT2D eigenvalue weighted by Crippen LogP contribution is 2.34. The summed E-state index contributed by atoms with van der Waals surface area (Å²) in [6, 6.07) is 4.51. The number of sulfonamides is 1. The molecule has 154 valence electrons. The van der Waals surface area contributed by atoms with Crippen LogP contribution >= 0.6 is 0 Å². The Morgan fingerprint density at radius 1 is 1.28 bits per heavy atom. The molecule has 0 aliphatic heterocycles. The second-order valence-corrected chi connectivity index (χ2v) is 10.2. The minimum Gasteiger partial charge on any atom is -0.347 e. The van der Waals surface area contributed by atoms with Gasteiger partial charge in [-0.05, 0) is 49.4 Å². The Kier molecular flexibility index (Phi) is 5.16. The molecule has 6 nitrogen and oxygen atoms in total. The van der Waals surface area contributed by atoms with Gasteiger partial charge in [0, 0.05) is 41.4 Å². The Morgan fingerprint density at radius 2 is 2.03 bits per heavy atom. The van der Waals surface area contributed by atoms with Crippen molar-refractivity contribution < 1.29 is 12.8 Å². The maximum absolute atomic E-state index is 15.0. The van der Waals surface area contributed by atoms with E-state index < -0.39 is 21.9 Å². The zero-order valence-electron chi connectivity index (χ0n) is 16.8. The van der Waals surface area contributed by atoms with Crippen LogP contribution < -0.4 is 4.72 Å². The van der Waals surface area contributed by atoms with Gasteiger partial charge in [-0.25, -0.2) is 27.5 Å². The molecule has 29 heavy (non-hydrogen) atoms. The molecule has 1 atom stereocenters. The third-order valence-electron chi connectivity index (χ3n) is 5.19. The van der Waals surface area contributed by atoms with Crippen LogP contribution in [-0.2, 0) is 16.6 Å². The van der Waals surface area contributed by atoms with Crippen molar-refractivity contribution in [3.05, 3.63) is 48.3 Å². The summed E-state index contributed by atoms with van der Waals surface area (Å²) in [6.07, 6.45) is 6.32. The van der Waals surface area contributed by atoms with Gasteiger partial charge in [-0.3, -0.25) is 0 Å². The molecule has 0 radical (unpaired) electrons. The first kappa shape index (κ1) is 20.0. The van der Waals surface area contributed by atoms with Crippen LogP contribution in [0.2, 0.25) is 0 Å². The first-order chi connectivity index (χ1) is 13.8. The number of halogens is 1. The monoisotopic (exact) mass is 416 g/mol. The molecular weight excluding hydrogens is 391 g/mol. The van der Waals surface area contributed by atoms with Crippen LogP contribution in [0.4, 0.5) is 4.39 Å². The van der Waals surface area contributed by atoms with Crippen LogP contribution in [0.15, 0.2) is 36.9 Å². The highest BCUT2D eigenvalue weighted by atomic mass is 32.2. The lowest BCUT2D eigenvalue weighted by molar-refractivity contribution is 0.532. The number of benzene rings is 1. The maximum Gasteiger partial charge on any atom is 0.215 e. The van der Waals surface area contributed by atoms with E-state index in [4.69, 9.17) is 0 Å². The zero-order valence-corrected chi connectivity index (χ0v) is 17.6. The molecule has 2 heterocycles. The lowest BCUT2D eigenvalue weighted by atomic mass is 10.0. The van der Waals surface area contributed by atoms with Gasteiger partial charge < -0.3 is 4.57 Å². The smallest absolute Gasteiger partial charge is 0.215 e. The number of nitrogens with zero attached hydrogens (tertiary/aromatic N) is 3. The van der Waals surface area contributed by atoms with E-state index in [2.05, 4.69) is 33.1 Å². The summed E-state index contributed by atoms with van der Waals surface area (Å²) in [7, 11) is -3.35. The van der Waals surface area contributed by atoms with Crippen LogP contribution in [0, 0.1) is 11.7 Å². The number of rotatable bonds is 7. The summed E-state index contributed by atoms with van der Waals surface area (Å²) in [4.78, 5) is 8.07. The molecule has 0 amide bonds. The summed E-state index contributed by atoms with van der Waals surface area (Å²) >= 11 is 0. The van der Waals surface area contributed by atoms with Crippen molar-refractivity contribution in [3.63, 3.8) is 0 Å². The number of hydrogen-bond donors (Lipinski definition) is 1. The minimum atomic E-state index is -3.35. The van der Waals surface area contributed by atoms with Crippen LogP contribution in [0.5, 0.6) is 0 Å². The second-order valence-electron chi connectivity index (χ2n) is 8.16. The number of nitrogens with one attached hydrogen (secondary N) is 1. The van der Waals surface area contributed by atoms with Gasteiger partial charge in [-0.1, -0.05) is 13.8 Å². The summed E-state index contributed by atoms with van der Waals surface area (Å²) in [6.45, 7) is 6.78. The predicted octanol–water partition coefficient (Wildman–Crippen LogP) is 4.04. The van der Waals surface area contributed by atoms with Crippen molar-refractivity contribution in [2.75, 3.05) is 0 Å². The van der Waals surface area contributed by atoms with Gasteiger partial charge in [0.1, 0.15) is 12.1 Å². The first-order valence-corrected chi connectivity index (χ1v) is 11.4. The normalized spacial score (nSPS) is 15.9. The third-order valence-corrected chi connectivity index (χ3v) is 7.22. The van der Waals surface area contributed by atoms with Crippen LogP contribution in [0.3, 0.4) is 0 Å². The van der Waals surface area contributed by atoms with E-state index in [1.165, 1.54) is 12.4 Å². The highest BCUT2D eigenvalue weighted by molar-refractivity contribution is 7.90. The van der Waals surface area contributed by atoms with Crippen molar-refractivity contribution in [3.8, 4) is 11.3 Å². The Labute approximate surface area is 170 Å². The molecular formula is C21H25FN4O2S. The van der Waals surface area contributed by atoms with Gasteiger partial charge in [-0.15, -0.1) is 0 Å². The molecule has 0 spiro atoms. The molecule has 1 N–H and O–H groups in total. The quantitative estimate of drug-likeness (QED) is 0.631.